The Morgan fingerprint density at radius 1 is 0.906 bits per heavy atom. The van der Waals surface area contributed by atoms with Crippen LogP contribution in [0.25, 0.3) is 0 Å². The van der Waals surface area contributed by atoms with E-state index in [2.05, 4.69) is 6.92 Å². The van der Waals surface area contributed by atoms with Gasteiger partial charge in [0, 0.05) is 8.80 Å². The fourth-order valence-electron chi connectivity index (χ4n) is 6.28. The molecule has 0 radical (unpaired) electrons. The first-order valence-electron chi connectivity index (χ1n) is 13.3. The van der Waals surface area contributed by atoms with E-state index >= 15 is 0 Å². The molecule has 0 atom stereocenters. The molecule has 2 aliphatic rings. The Balaban J connectivity index is 1.33. The lowest BCUT2D eigenvalue weighted by Crippen LogP contribution is -2.21. The van der Waals surface area contributed by atoms with Crippen molar-refractivity contribution in [3.8, 4) is 0 Å². The molecule has 5 heteroatoms. The lowest BCUT2D eigenvalue weighted by Gasteiger charge is -2.30. The first-order valence-corrected chi connectivity index (χ1v) is 16.1. The molecule has 2 fully saturated rings. The number of rotatable bonds is 11. The van der Waals surface area contributed by atoms with Crippen LogP contribution in [-0.4, -0.2) is 8.80 Å². The molecule has 1 aromatic carbocycles. The lowest BCUT2D eigenvalue weighted by molar-refractivity contribution is 0.143. The maximum absolute atomic E-state index is 14.2. The Morgan fingerprint density at radius 3 is 2.12 bits per heavy atom. The van der Waals surface area contributed by atoms with Crippen molar-refractivity contribution in [3.05, 3.63) is 34.1 Å². The zero-order valence-corrected chi connectivity index (χ0v) is 21.8. The van der Waals surface area contributed by atoms with Crippen molar-refractivity contribution in [2.45, 2.75) is 121 Å². The van der Waals surface area contributed by atoms with Gasteiger partial charge in [0.15, 0.2) is 5.82 Å². The maximum atomic E-state index is 14.2. The summed E-state index contributed by atoms with van der Waals surface area (Å²) in [6, 6.07) is 7.82. The summed E-state index contributed by atoms with van der Waals surface area (Å²) in [5.41, 5.74) is 0.0123. The van der Waals surface area contributed by atoms with Crippen molar-refractivity contribution in [1.82, 2.24) is 0 Å². The van der Waals surface area contributed by atoms with Gasteiger partial charge in [0.2, 0.25) is 0 Å². The quantitative estimate of drug-likeness (QED) is 0.215. The van der Waals surface area contributed by atoms with E-state index in [1.165, 1.54) is 63.9 Å². The molecule has 1 heterocycles. The van der Waals surface area contributed by atoms with Gasteiger partial charge in [-0.1, -0.05) is 101 Å². The molecule has 1 aliphatic carbocycles. The van der Waals surface area contributed by atoms with Crippen LogP contribution in [0.15, 0.2) is 12.1 Å². The van der Waals surface area contributed by atoms with Crippen LogP contribution in [0.3, 0.4) is 0 Å². The molecule has 182 valence electrons. The van der Waals surface area contributed by atoms with Gasteiger partial charge in [-0.2, -0.15) is 0 Å². The molecular formula is C27H42ClF3Si. The van der Waals surface area contributed by atoms with Gasteiger partial charge in [-0.15, -0.1) is 0 Å². The van der Waals surface area contributed by atoms with Crippen molar-refractivity contribution >= 4 is 20.4 Å². The molecule has 0 aromatic heterocycles. The molecule has 0 spiro atoms. The van der Waals surface area contributed by atoms with Crippen molar-refractivity contribution < 1.29 is 13.2 Å². The van der Waals surface area contributed by atoms with E-state index in [-0.39, 0.29) is 19.7 Å². The zero-order valence-electron chi connectivity index (χ0n) is 19.9. The number of unbranched alkanes of at least 4 members (excludes halogenated alkanes) is 3. The average Bonchev–Trinajstić information content (AvgIpc) is 2.80. The van der Waals surface area contributed by atoms with E-state index in [0.717, 1.165) is 31.6 Å². The van der Waals surface area contributed by atoms with Crippen molar-refractivity contribution in [3.63, 3.8) is 0 Å². The van der Waals surface area contributed by atoms with Gasteiger partial charge in [0.25, 0.3) is 6.43 Å². The molecular weight excluding hydrogens is 445 g/mol. The van der Waals surface area contributed by atoms with E-state index in [1.54, 1.807) is 24.2 Å². The van der Waals surface area contributed by atoms with Crippen LogP contribution < -0.4 is 0 Å². The van der Waals surface area contributed by atoms with E-state index in [4.69, 9.17) is 11.6 Å². The molecule has 1 saturated heterocycles. The number of alkyl halides is 2. The highest BCUT2D eigenvalue weighted by Gasteiger charge is 2.29. The number of benzene rings is 1. The second-order valence-electron chi connectivity index (χ2n) is 10.5. The molecule has 1 aliphatic heterocycles. The third-order valence-corrected chi connectivity index (χ3v) is 12.1. The average molecular weight is 487 g/mol. The summed E-state index contributed by atoms with van der Waals surface area (Å²) < 4.78 is 41.1. The van der Waals surface area contributed by atoms with Gasteiger partial charge >= 0.3 is 0 Å². The van der Waals surface area contributed by atoms with E-state index in [9.17, 15) is 13.2 Å². The monoisotopic (exact) mass is 486 g/mol. The Labute approximate surface area is 200 Å². The van der Waals surface area contributed by atoms with Gasteiger partial charge in [-0.05, 0) is 55.1 Å². The molecule has 0 N–H and O–H groups in total. The molecule has 1 aromatic rings. The van der Waals surface area contributed by atoms with Crippen LogP contribution in [0.4, 0.5) is 13.2 Å². The zero-order chi connectivity index (χ0) is 22.9. The normalized spacial score (nSPS) is 26.6. The summed E-state index contributed by atoms with van der Waals surface area (Å²) in [7, 11) is -0.387. The first-order chi connectivity index (χ1) is 15.5. The topological polar surface area (TPSA) is 0 Å². The van der Waals surface area contributed by atoms with Crippen LogP contribution >= 0.6 is 11.6 Å². The maximum Gasteiger partial charge on any atom is 0.266 e. The highest BCUT2D eigenvalue weighted by atomic mass is 35.5. The van der Waals surface area contributed by atoms with Crippen LogP contribution in [-0.2, 0) is 0 Å². The summed E-state index contributed by atoms with van der Waals surface area (Å²) in [6.45, 7) is 2.30. The Hall–Kier alpha value is -0.483. The summed E-state index contributed by atoms with van der Waals surface area (Å²) in [5.74, 6) is 0.797. The standard InChI is InChI=1S/C27H42ClF3Si/c1-2-3-6-17-32-18-15-21(16-19-32)8-5-4-7-20-9-11-22(12-10-20)23-13-14-24(28)26(29)25(23)27(30)31/h13-14,20-22,27,32H,2-12,15-19H2,1H3/t20-,21-,22-,32-. The number of hydrogen-bond donors (Lipinski definition) is 0. The predicted molar refractivity (Wildman–Crippen MR) is 133 cm³/mol. The summed E-state index contributed by atoms with van der Waals surface area (Å²) >= 11 is 5.75. The van der Waals surface area contributed by atoms with Gasteiger partial charge < -0.3 is 0 Å². The number of hydrogen-bond acceptors (Lipinski definition) is 0. The Kier molecular flexibility index (Phi) is 11.0. The second-order valence-corrected chi connectivity index (χ2v) is 14.4. The summed E-state index contributed by atoms with van der Waals surface area (Å²) in [5, 5.41) is -0.204. The van der Waals surface area contributed by atoms with E-state index in [0.29, 0.717) is 11.5 Å². The van der Waals surface area contributed by atoms with Crippen LogP contribution in [0.1, 0.15) is 114 Å². The molecule has 0 unspecified atom stereocenters. The molecule has 32 heavy (non-hydrogen) atoms. The summed E-state index contributed by atoms with van der Waals surface area (Å²) in [6.07, 6.45) is 13.7. The minimum Gasteiger partial charge on any atom is -0.205 e. The van der Waals surface area contributed by atoms with Gasteiger partial charge in [-0.25, -0.2) is 13.2 Å². The Bertz CT molecular complexity index is 680. The Morgan fingerprint density at radius 2 is 1.53 bits per heavy atom. The molecule has 0 bridgehead atoms. The fourth-order valence-corrected chi connectivity index (χ4v) is 10.1. The third-order valence-electron chi connectivity index (χ3n) is 8.33. The lowest BCUT2D eigenvalue weighted by atomic mass is 9.76. The van der Waals surface area contributed by atoms with Crippen LogP contribution in [0, 0.1) is 17.7 Å². The van der Waals surface area contributed by atoms with E-state index in [1.807, 2.05) is 0 Å². The van der Waals surface area contributed by atoms with Gasteiger partial charge in [0.05, 0.1) is 10.6 Å². The predicted octanol–water partition coefficient (Wildman–Crippen LogP) is 10.1. The smallest absolute Gasteiger partial charge is 0.205 e. The second kappa shape index (κ2) is 13.4. The first kappa shape index (κ1) is 26.1. The van der Waals surface area contributed by atoms with E-state index < -0.39 is 17.8 Å². The number of halogens is 4. The minimum atomic E-state index is -2.81. The van der Waals surface area contributed by atoms with Crippen LogP contribution in [0.2, 0.25) is 23.2 Å². The van der Waals surface area contributed by atoms with Gasteiger partial charge in [0.1, 0.15) is 0 Å². The molecule has 1 saturated carbocycles. The highest BCUT2D eigenvalue weighted by molar-refractivity contribution is 6.58. The van der Waals surface area contributed by atoms with Crippen molar-refractivity contribution in [2.75, 3.05) is 0 Å². The SMILES string of the molecule is CCCCC[Si@H]1CC[C@H](CCCC[C@H]2CC[C@H](c3ccc(Cl)c(F)c3C(F)F)CC2)CC1. The third kappa shape index (κ3) is 7.51. The molecule has 0 nitrogen and oxygen atoms in total. The van der Waals surface area contributed by atoms with Crippen molar-refractivity contribution in [2.24, 2.45) is 11.8 Å². The largest absolute Gasteiger partial charge is 0.266 e. The molecule has 0 amide bonds. The highest BCUT2D eigenvalue weighted by Crippen LogP contribution is 2.42. The molecule has 3 rings (SSSR count). The van der Waals surface area contributed by atoms with Crippen LogP contribution in [0.5, 0.6) is 0 Å². The van der Waals surface area contributed by atoms with Crippen molar-refractivity contribution in [1.29, 1.82) is 0 Å². The van der Waals surface area contributed by atoms with Gasteiger partial charge in [-0.3, -0.25) is 0 Å². The minimum absolute atomic E-state index is 0.0405. The fraction of sp³-hybridized carbons (Fsp3) is 0.778. The summed E-state index contributed by atoms with van der Waals surface area (Å²) in [4.78, 5) is 0.